The third kappa shape index (κ3) is 1.85. The summed E-state index contributed by atoms with van der Waals surface area (Å²) >= 11 is 1.53. The van der Waals surface area contributed by atoms with Gasteiger partial charge >= 0.3 is 0 Å². The maximum atomic E-state index is 5.29. The molecule has 1 atom stereocenters. The third-order valence-corrected chi connectivity index (χ3v) is 3.34. The molecule has 5 nitrogen and oxygen atoms in total. The molecule has 84 valence electrons. The van der Waals surface area contributed by atoms with Crippen molar-refractivity contribution in [3.8, 4) is 11.5 Å². The summed E-state index contributed by atoms with van der Waals surface area (Å²) in [4.78, 5) is 8.57. The van der Waals surface area contributed by atoms with Gasteiger partial charge in [-0.15, -0.1) is 11.3 Å². The fourth-order valence-corrected chi connectivity index (χ4v) is 2.42. The molecule has 0 amide bonds. The lowest BCUT2D eigenvalue weighted by atomic mass is 10.00. The molecule has 1 aliphatic rings. The Hall–Kier alpha value is -1.27. The number of hydrogen-bond donors (Lipinski definition) is 1. The molecule has 0 bridgehead atoms. The second-order valence-corrected chi connectivity index (χ2v) is 4.59. The van der Waals surface area contributed by atoms with Crippen LogP contribution in [0.2, 0.25) is 0 Å². The Morgan fingerprint density at radius 2 is 2.50 bits per heavy atom. The van der Waals surface area contributed by atoms with Crippen LogP contribution in [0.5, 0.6) is 0 Å². The lowest BCUT2D eigenvalue weighted by Crippen LogP contribution is -2.28. The molecular formula is C10H12N4OS. The number of nitrogens with one attached hydrogen (secondary N) is 1. The second kappa shape index (κ2) is 4.31. The van der Waals surface area contributed by atoms with Crippen molar-refractivity contribution in [3.05, 3.63) is 16.8 Å². The first-order valence-electron chi connectivity index (χ1n) is 5.36. The van der Waals surface area contributed by atoms with Crippen LogP contribution in [0.1, 0.15) is 24.7 Å². The van der Waals surface area contributed by atoms with Crippen molar-refractivity contribution in [2.45, 2.75) is 18.8 Å². The summed E-state index contributed by atoms with van der Waals surface area (Å²) in [6, 6.07) is 0. The lowest BCUT2D eigenvalue weighted by Gasteiger charge is -2.18. The minimum atomic E-state index is 0.355. The maximum absolute atomic E-state index is 5.29. The largest absolute Gasteiger partial charge is 0.339 e. The van der Waals surface area contributed by atoms with Gasteiger partial charge in [0.2, 0.25) is 11.7 Å². The normalized spacial score (nSPS) is 21.1. The Labute approximate surface area is 96.9 Å². The van der Waals surface area contributed by atoms with E-state index in [1.807, 2.05) is 5.38 Å². The van der Waals surface area contributed by atoms with E-state index in [1.54, 1.807) is 5.51 Å². The molecule has 0 aromatic carbocycles. The molecule has 16 heavy (non-hydrogen) atoms. The highest BCUT2D eigenvalue weighted by Gasteiger charge is 2.21. The first-order chi connectivity index (χ1) is 7.93. The van der Waals surface area contributed by atoms with Crippen molar-refractivity contribution in [1.29, 1.82) is 0 Å². The molecule has 0 saturated carbocycles. The number of thiazole rings is 1. The van der Waals surface area contributed by atoms with Crippen molar-refractivity contribution < 1.29 is 4.52 Å². The van der Waals surface area contributed by atoms with Gasteiger partial charge in [0, 0.05) is 11.9 Å². The molecular weight excluding hydrogens is 224 g/mol. The van der Waals surface area contributed by atoms with Gasteiger partial charge in [0.15, 0.2) is 0 Å². The summed E-state index contributed by atoms with van der Waals surface area (Å²) in [6.45, 7) is 2.02. The van der Waals surface area contributed by atoms with Crippen molar-refractivity contribution in [1.82, 2.24) is 20.4 Å². The summed E-state index contributed by atoms with van der Waals surface area (Å²) in [5, 5.41) is 9.22. The van der Waals surface area contributed by atoms with Crippen molar-refractivity contribution in [2.75, 3.05) is 13.1 Å². The van der Waals surface area contributed by atoms with Crippen LogP contribution in [0, 0.1) is 0 Å². The molecule has 1 fully saturated rings. The number of hydrogen-bond acceptors (Lipinski definition) is 6. The average Bonchev–Trinajstić information content (AvgIpc) is 3.01. The van der Waals surface area contributed by atoms with Crippen molar-refractivity contribution in [3.63, 3.8) is 0 Å². The number of nitrogens with zero attached hydrogens (tertiary/aromatic N) is 3. The first kappa shape index (κ1) is 9.92. The molecule has 0 spiro atoms. The van der Waals surface area contributed by atoms with Gasteiger partial charge in [-0.05, 0) is 19.4 Å². The van der Waals surface area contributed by atoms with E-state index in [0.717, 1.165) is 31.1 Å². The molecule has 0 radical (unpaired) electrons. The average molecular weight is 236 g/mol. The summed E-state index contributed by atoms with van der Waals surface area (Å²) < 4.78 is 5.29. The Morgan fingerprint density at radius 3 is 3.25 bits per heavy atom. The third-order valence-electron chi connectivity index (χ3n) is 2.75. The standard InChI is InChI=1S/C10H12N4OS/c1-2-7(4-11-3-1)10-13-9(14-15-10)8-5-16-6-12-8/h5-7,11H,1-4H2/t7-/m1/s1. The minimum Gasteiger partial charge on any atom is -0.339 e. The summed E-state index contributed by atoms with van der Waals surface area (Å²) in [5.74, 6) is 1.69. The van der Waals surface area contributed by atoms with E-state index in [9.17, 15) is 0 Å². The van der Waals surface area contributed by atoms with Gasteiger partial charge in [-0.3, -0.25) is 0 Å². The zero-order valence-electron chi connectivity index (χ0n) is 8.72. The number of rotatable bonds is 2. The van der Waals surface area contributed by atoms with Gasteiger partial charge in [-0.25, -0.2) is 4.98 Å². The zero-order valence-corrected chi connectivity index (χ0v) is 9.54. The SMILES string of the molecule is c1nc(-c2noc([C@@H]3CCCNC3)n2)cs1. The number of aromatic nitrogens is 3. The molecule has 0 aliphatic carbocycles. The predicted octanol–water partition coefficient (Wildman–Crippen LogP) is 1.66. The quantitative estimate of drug-likeness (QED) is 0.859. The molecule has 1 aliphatic heterocycles. The minimum absolute atomic E-state index is 0.355. The fourth-order valence-electron chi connectivity index (χ4n) is 1.89. The van der Waals surface area contributed by atoms with Crippen LogP contribution in [-0.4, -0.2) is 28.2 Å². The van der Waals surface area contributed by atoms with E-state index in [4.69, 9.17) is 4.52 Å². The van der Waals surface area contributed by atoms with Crippen LogP contribution in [-0.2, 0) is 0 Å². The van der Waals surface area contributed by atoms with Crippen LogP contribution >= 0.6 is 11.3 Å². The topological polar surface area (TPSA) is 63.8 Å². The van der Waals surface area contributed by atoms with Crippen LogP contribution in [0.4, 0.5) is 0 Å². The summed E-state index contributed by atoms with van der Waals surface area (Å²) in [5.41, 5.74) is 2.57. The van der Waals surface area contributed by atoms with Gasteiger partial charge in [0.25, 0.3) is 0 Å². The second-order valence-electron chi connectivity index (χ2n) is 3.87. The first-order valence-corrected chi connectivity index (χ1v) is 6.30. The molecule has 6 heteroatoms. The highest BCUT2D eigenvalue weighted by atomic mass is 32.1. The number of piperidine rings is 1. The molecule has 1 saturated heterocycles. The highest BCUT2D eigenvalue weighted by Crippen LogP contribution is 2.24. The van der Waals surface area contributed by atoms with E-state index < -0.39 is 0 Å². The van der Waals surface area contributed by atoms with Crippen LogP contribution in [0.15, 0.2) is 15.4 Å². The molecule has 2 aromatic rings. The van der Waals surface area contributed by atoms with Crippen LogP contribution < -0.4 is 5.32 Å². The van der Waals surface area contributed by atoms with E-state index >= 15 is 0 Å². The smallest absolute Gasteiger partial charge is 0.231 e. The molecule has 3 heterocycles. The van der Waals surface area contributed by atoms with Gasteiger partial charge in [-0.1, -0.05) is 5.16 Å². The molecule has 2 aromatic heterocycles. The van der Waals surface area contributed by atoms with Crippen LogP contribution in [0.25, 0.3) is 11.5 Å². The maximum Gasteiger partial charge on any atom is 0.231 e. The Morgan fingerprint density at radius 1 is 1.50 bits per heavy atom. The molecule has 1 N–H and O–H groups in total. The summed E-state index contributed by atoms with van der Waals surface area (Å²) in [7, 11) is 0. The van der Waals surface area contributed by atoms with Crippen molar-refractivity contribution >= 4 is 11.3 Å². The Balaban J connectivity index is 1.82. The van der Waals surface area contributed by atoms with E-state index in [1.165, 1.54) is 17.8 Å². The van der Waals surface area contributed by atoms with E-state index in [2.05, 4.69) is 20.4 Å². The van der Waals surface area contributed by atoms with Crippen LogP contribution in [0.3, 0.4) is 0 Å². The molecule has 0 unspecified atom stereocenters. The Kier molecular flexibility index (Phi) is 2.67. The van der Waals surface area contributed by atoms with Gasteiger partial charge < -0.3 is 9.84 Å². The Bertz CT molecular complexity index is 447. The van der Waals surface area contributed by atoms with Gasteiger partial charge in [-0.2, -0.15) is 4.98 Å². The summed E-state index contributed by atoms with van der Waals surface area (Å²) in [6.07, 6.45) is 2.28. The monoisotopic (exact) mass is 236 g/mol. The predicted molar refractivity (Wildman–Crippen MR) is 60.3 cm³/mol. The molecule has 3 rings (SSSR count). The van der Waals surface area contributed by atoms with Gasteiger partial charge in [0.1, 0.15) is 5.69 Å². The van der Waals surface area contributed by atoms with E-state index in [0.29, 0.717) is 11.7 Å². The fraction of sp³-hybridized carbons (Fsp3) is 0.500. The van der Waals surface area contributed by atoms with Gasteiger partial charge in [0.05, 0.1) is 11.4 Å². The lowest BCUT2D eigenvalue weighted by molar-refractivity contribution is 0.322. The zero-order chi connectivity index (χ0) is 10.8. The highest BCUT2D eigenvalue weighted by molar-refractivity contribution is 7.07. The van der Waals surface area contributed by atoms with E-state index in [-0.39, 0.29) is 0 Å². The van der Waals surface area contributed by atoms with Crippen molar-refractivity contribution in [2.24, 2.45) is 0 Å².